The fraction of sp³-hybridized carbons (Fsp3) is 0.433. The molecule has 3 heterocycles. The first kappa shape index (κ1) is 26.6. The van der Waals surface area contributed by atoms with Crippen molar-refractivity contribution in [3.05, 3.63) is 80.5 Å². The summed E-state index contributed by atoms with van der Waals surface area (Å²) in [6.45, 7) is 14.0. The van der Waals surface area contributed by atoms with E-state index in [0.717, 1.165) is 65.5 Å². The second kappa shape index (κ2) is 11.7. The molecule has 1 aliphatic heterocycles. The van der Waals surface area contributed by atoms with Gasteiger partial charge in [-0.25, -0.2) is 0 Å². The molecule has 1 amide bonds. The van der Waals surface area contributed by atoms with Gasteiger partial charge in [0.1, 0.15) is 0 Å². The van der Waals surface area contributed by atoms with Crippen molar-refractivity contribution in [2.45, 2.75) is 66.5 Å². The topological polar surface area (TPSA) is 90.1 Å². The summed E-state index contributed by atoms with van der Waals surface area (Å²) in [4.78, 5) is 36.1. The quantitative estimate of drug-likeness (QED) is 0.378. The van der Waals surface area contributed by atoms with Crippen LogP contribution in [0.4, 0.5) is 5.69 Å². The first-order chi connectivity index (χ1) is 17.8. The number of pyridine rings is 2. The number of amides is 1. The summed E-state index contributed by atoms with van der Waals surface area (Å²) in [5, 5.41) is 6.39. The molecule has 1 aromatic carbocycles. The summed E-state index contributed by atoms with van der Waals surface area (Å²) in [5.41, 5.74) is 7.58. The average molecular weight is 502 g/mol. The number of carbonyl (C=O) groups excluding carboxylic acids is 1. The van der Waals surface area contributed by atoms with E-state index in [1.807, 2.05) is 39.1 Å². The minimum absolute atomic E-state index is 0.150. The average Bonchev–Trinajstić information content (AvgIpc) is 3.38. The third kappa shape index (κ3) is 6.28. The Bertz CT molecular complexity index is 1300. The van der Waals surface area contributed by atoms with Gasteiger partial charge in [0, 0.05) is 53.9 Å². The van der Waals surface area contributed by atoms with Crippen molar-refractivity contribution in [1.82, 2.24) is 20.2 Å². The summed E-state index contributed by atoms with van der Waals surface area (Å²) in [5.74, 6) is -0.0222. The van der Waals surface area contributed by atoms with Crippen LogP contribution < -0.4 is 16.2 Å². The fourth-order valence-electron chi connectivity index (χ4n) is 5.05. The molecule has 3 N–H and O–H groups in total. The molecule has 0 unspecified atom stereocenters. The number of carbonyl (C=O) groups is 1. The van der Waals surface area contributed by atoms with E-state index in [0.29, 0.717) is 11.1 Å². The van der Waals surface area contributed by atoms with Gasteiger partial charge in [-0.3, -0.25) is 19.5 Å². The Balaban J connectivity index is 1.59. The van der Waals surface area contributed by atoms with E-state index in [2.05, 4.69) is 52.6 Å². The molecule has 3 aromatic rings. The summed E-state index contributed by atoms with van der Waals surface area (Å²) < 4.78 is 0. The van der Waals surface area contributed by atoms with Crippen molar-refractivity contribution < 1.29 is 4.79 Å². The number of nitrogens with zero attached hydrogens (tertiary/aromatic N) is 2. The van der Waals surface area contributed by atoms with E-state index < -0.39 is 0 Å². The van der Waals surface area contributed by atoms with Crippen molar-refractivity contribution in [3.63, 3.8) is 0 Å². The molecule has 1 fully saturated rings. The summed E-state index contributed by atoms with van der Waals surface area (Å²) in [7, 11) is 0. The number of rotatable bonds is 9. The van der Waals surface area contributed by atoms with Gasteiger partial charge < -0.3 is 15.6 Å². The lowest BCUT2D eigenvalue weighted by Gasteiger charge is -2.17. The number of likely N-dealkylation sites (tertiary alicyclic amines) is 1. The Morgan fingerprint density at radius 1 is 1.11 bits per heavy atom. The molecular weight excluding hydrogens is 462 g/mol. The van der Waals surface area contributed by atoms with Crippen LogP contribution in [0, 0.1) is 13.8 Å². The fourth-order valence-corrected chi connectivity index (χ4v) is 5.05. The minimum atomic E-state index is -0.202. The Morgan fingerprint density at radius 2 is 1.86 bits per heavy atom. The summed E-state index contributed by atoms with van der Waals surface area (Å²) >= 11 is 0. The molecule has 7 heteroatoms. The van der Waals surface area contributed by atoms with Crippen LogP contribution in [-0.2, 0) is 13.1 Å². The zero-order valence-electron chi connectivity index (χ0n) is 22.7. The van der Waals surface area contributed by atoms with Gasteiger partial charge in [0.15, 0.2) is 0 Å². The highest BCUT2D eigenvalue weighted by molar-refractivity contribution is 5.98. The van der Waals surface area contributed by atoms with Crippen LogP contribution in [-0.4, -0.2) is 40.4 Å². The number of hydrogen-bond donors (Lipinski definition) is 3. The van der Waals surface area contributed by atoms with Crippen LogP contribution in [0.1, 0.15) is 78.0 Å². The van der Waals surface area contributed by atoms with Gasteiger partial charge in [-0.05, 0) is 93.6 Å². The number of anilines is 1. The maximum Gasteiger partial charge on any atom is 0.253 e. The molecule has 0 saturated carbocycles. The van der Waals surface area contributed by atoms with Crippen LogP contribution in [0.5, 0.6) is 0 Å². The molecule has 0 radical (unpaired) electrons. The van der Waals surface area contributed by atoms with Gasteiger partial charge in [-0.2, -0.15) is 0 Å². The molecule has 196 valence electrons. The van der Waals surface area contributed by atoms with Crippen LogP contribution >= 0.6 is 0 Å². The lowest BCUT2D eigenvalue weighted by atomic mass is 9.96. The second-order valence-electron chi connectivity index (χ2n) is 10.3. The molecule has 7 nitrogen and oxygen atoms in total. The highest BCUT2D eigenvalue weighted by Crippen LogP contribution is 2.29. The van der Waals surface area contributed by atoms with Crippen molar-refractivity contribution in [2.75, 3.05) is 25.0 Å². The predicted molar refractivity (Wildman–Crippen MR) is 150 cm³/mol. The third-order valence-electron chi connectivity index (χ3n) is 7.11. The minimum Gasteiger partial charge on any atom is -0.385 e. The Morgan fingerprint density at radius 3 is 2.51 bits per heavy atom. The van der Waals surface area contributed by atoms with E-state index in [-0.39, 0.29) is 23.9 Å². The Hall–Kier alpha value is -3.45. The third-order valence-corrected chi connectivity index (χ3v) is 7.11. The molecule has 2 aromatic heterocycles. The summed E-state index contributed by atoms with van der Waals surface area (Å²) in [6.07, 6.45) is 4.42. The molecule has 37 heavy (non-hydrogen) atoms. The van der Waals surface area contributed by atoms with Crippen LogP contribution in [0.15, 0.2) is 41.3 Å². The molecule has 4 rings (SSSR count). The monoisotopic (exact) mass is 501 g/mol. The highest BCUT2D eigenvalue weighted by Gasteiger charge is 2.18. The van der Waals surface area contributed by atoms with Gasteiger partial charge in [-0.15, -0.1) is 0 Å². The number of aryl methyl sites for hydroxylation is 1. The standard InChI is InChI=1S/C30H39N5O2/c1-6-31-28-15-23(22-9-10-24(32-16-22)18-35-11-7-8-12-35)14-26(21(28)5)29(36)33-17-27-25(19(2)3)13-20(4)34-30(27)37/h9-10,13-16,19,31H,6-8,11-12,17-18H2,1-5H3,(H,33,36)(H,34,37). The smallest absolute Gasteiger partial charge is 0.253 e. The Kier molecular flexibility index (Phi) is 8.44. The van der Waals surface area contributed by atoms with Gasteiger partial charge >= 0.3 is 0 Å². The van der Waals surface area contributed by atoms with E-state index in [1.165, 1.54) is 12.8 Å². The van der Waals surface area contributed by atoms with Crippen LogP contribution in [0.25, 0.3) is 11.1 Å². The number of aromatic nitrogens is 2. The Labute approximate surface area is 219 Å². The lowest BCUT2D eigenvalue weighted by molar-refractivity contribution is 0.0950. The van der Waals surface area contributed by atoms with Crippen molar-refractivity contribution in [2.24, 2.45) is 0 Å². The maximum absolute atomic E-state index is 13.4. The molecular formula is C30H39N5O2. The summed E-state index contributed by atoms with van der Waals surface area (Å²) in [6, 6.07) is 10.2. The molecule has 0 aliphatic carbocycles. The number of aromatic amines is 1. The molecule has 0 bridgehead atoms. The van der Waals surface area contributed by atoms with E-state index in [4.69, 9.17) is 4.98 Å². The first-order valence-electron chi connectivity index (χ1n) is 13.3. The molecule has 1 aliphatic rings. The number of benzene rings is 1. The lowest BCUT2D eigenvalue weighted by Crippen LogP contribution is -2.29. The van der Waals surface area contributed by atoms with Crippen LogP contribution in [0.3, 0.4) is 0 Å². The van der Waals surface area contributed by atoms with Crippen molar-refractivity contribution >= 4 is 11.6 Å². The SMILES string of the molecule is CCNc1cc(-c2ccc(CN3CCCC3)nc2)cc(C(=O)NCc2c(C(C)C)cc(C)[nH]c2=O)c1C. The first-order valence-corrected chi connectivity index (χ1v) is 13.3. The van der Waals surface area contributed by atoms with Crippen molar-refractivity contribution in [3.8, 4) is 11.1 Å². The van der Waals surface area contributed by atoms with Gasteiger partial charge in [0.05, 0.1) is 5.69 Å². The zero-order chi connectivity index (χ0) is 26.5. The molecule has 1 saturated heterocycles. The van der Waals surface area contributed by atoms with E-state index in [9.17, 15) is 9.59 Å². The molecule has 0 spiro atoms. The second-order valence-corrected chi connectivity index (χ2v) is 10.3. The normalized spacial score (nSPS) is 13.8. The van der Waals surface area contributed by atoms with Gasteiger partial charge in [0.25, 0.3) is 11.5 Å². The maximum atomic E-state index is 13.4. The largest absolute Gasteiger partial charge is 0.385 e. The predicted octanol–water partition coefficient (Wildman–Crippen LogP) is 5.13. The van der Waals surface area contributed by atoms with E-state index >= 15 is 0 Å². The van der Waals surface area contributed by atoms with Crippen molar-refractivity contribution in [1.29, 1.82) is 0 Å². The van der Waals surface area contributed by atoms with Gasteiger partial charge in [0.2, 0.25) is 0 Å². The number of nitrogens with one attached hydrogen (secondary N) is 3. The molecule has 0 atom stereocenters. The van der Waals surface area contributed by atoms with Gasteiger partial charge in [-0.1, -0.05) is 19.9 Å². The highest BCUT2D eigenvalue weighted by atomic mass is 16.1. The van der Waals surface area contributed by atoms with E-state index in [1.54, 1.807) is 0 Å². The van der Waals surface area contributed by atoms with Crippen LogP contribution in [0.2, 0.25) is 0 Å². The number of H-pyrrole nitrogens is 1. The zero-order valence-corrected chi connectivity index (χ0v) is 22.7. The number of hydrogen-bond acceptors (Lipinski definition) is 5.